The van der Waals surface area contributed by atoms with Crippen LogP contribution in [0.1, 0.15) is 206 Å². The van der Waals surface area contributed by atoms with Crippen LogP contribution in [-0.4, -0.2) is 100 Å². The normalized spacial score (nSPS) is 20.3. The van der Waals surface area contributed by atoms with Gasteiger partial charge in [-0.25, -0.2) is 0 Å². The molecule has 0 aromatic carbocycles. The van der Waals surface area contributed by atoms with Gasteiger partial charge in [-0.05, 0) is 90.4 Å². The van der Waals surface area contributed by atoms with Gasteiger partial charge in [0, 0.05) is 12.8 Å². The van der Waals surface area contributed by atoms with E-state index in [2.05, 4.69) is 54.8 Å². The quantitative estimate of drug-likeness (QED) is 0.0196. The van der Waals surface area contributed by atoms with E-state index < -0.39 is 49.5 Å². The van der Waals surface area contributed by atoms with Crippen LogP contribution in [0.4, 0.5) is 0 Å². The van der Waals surface area contributed by atoms with Gasteiger partial charge in [0.1, 0.15) is 24.4 Å². The smallest absolute Gasteiger partial charge is 0.305 e. The molecule has 7 unspecified atom stereocenters. The van der Waals surface area contributed by atoms with Gasteiger partial charge >= 0.3 is 5.97 Å². The van der Waals surface area contributed by atoms with Crippen LogP contribution in [0, 0.1) is 0 Å². The van der Waals surface area contributed by atoms with Crippen molar-refractivity contribution in [3.05, 3.63) is 60.8 Å². The third kappa shape index (κ3) is 34.3. The van der Waals surface area contributed by atoms with Crippen LogP contribution in [0.2, 0.25) is 0 Å². The molecular weight excluding hydrogens is 823 g/mol. The molecular formula is C54H95NO10. The number of aliphatic hydroxyl groups is 5. The zero-order valence-corrected chi connectivity index (χ0v) is 40.9. The Morgan fingerprint density at radius 1 is 0.600 bits per heavy atom. The van der Waals surface area contributed by atoms with E-state index in [1.54, 1.807) is 6.08 Å². The van der Waals surface area contributed by atoms with E-state index in [0.717, 1.165) is 96.3 Å². The fraction of sp³-hybridized carbons (Fsp3) is 0.778. The molecule has 0 aromatic rings. The summed E-state index contributed by atoms with van der Waals surface area (Å²) < 4.78 is 16.6. The first-order valence-corrected chi connectivity index (χ1v) is 26.0. The molecule has 1 rings (SSSR count). The van der Waals surface area contributed by atoms with Crippen molar-refractivity contribution in [2.45, 2.75) is 249 Å². The number of aliphatic hydroxyl groups excluding tert-OH is 5. The average molecular weight is 918 g/mol. The predicted molar refractivity (Wildman–Crippen MR) is 264 cm³/mol. The molecule has 11 heteroatoms. The number of ether oxygens (including phenoxy) is 3. The first kappa shape index (κ1) is 60.4. The highest BCUT2D eigenvalue weighted by atomic mass is 16.7. The second-order valence-corrected chi connectivity index (χ2v) is 17.9. The lowest BCUT2D eigenvalue weighted by molar-refractivity contribution is -0.302. The summed E-state index contributed by atoms with van der Waals surface area (Å²) in [5.41, 5.74) is 0. The molecule has 1 amide bonds. The molecule has 1 aliphatic heterocycles. The number of amides is 1. The van der Waals surface area contributed by atoms with Gasteiger partial charge in [-0.15, -0.1) is 0 Å². The summed E-state index contributed by atoms with van der Waals surface area (Å²) in [6, 6.07) is -0.846. The van der Waals surface area contributed by atoms with Gasteiger partial charge in [0.05, 0.1) is 32.0 Å². The number of esters is 1. The third-order valence-electron chi connectivity index (χ3n) is 11.9. The topological polar surface area (TPSA) is 175 Å². The van der Waals surface area contributed by atoms with E-state index in [1.165, 1.54) is 77.0 Å². The number of hydrogen-bond donors (Lipinski definition) is 6. The Hall–Kier alpha value is -2.64. The van der Waals surface area contributed by atoms with Crippen molar-refractivity contribution in [1.82, 2.24) is 5.32 Å². The summed E-state index contributed by atoms with van der Waals surface area (Å²) in [4.78, 5) is 24.9. The Labute approximate surface area is 395 Å². The predicted octanol–water partition coefficient (Wildman–Crippen LogP) is 10.7. The highest BCUT2D eigenvalue weighted by Crippen LogP contribution is 2.22. The molecule has 0 aromatic heterocycles. The molecule has 0 bridgehead atoms. The minimum absolute atomic E-state index is 0.0353. The van der Waals surface area contributed by atoms with Crippen LogP contribution in [0.25, 0.3) is 0 Å². The largest absolute Gasteiger partial charge is 0.466 e. The Bertz CT molecular complexity index is 1270. The summed E-state index contributed by atoms with van der Waals surface area (Å²) in [5, 5.41) is 54.0. The van der Waals surface area contributed by atoms with Crippen LogP contribution < -0.4 is 5.32 Å². The first-order valence-electron chi connectivity index (χ1n) is 26.0. The van der Waals surface area contributed by atoms with E-state index >= 15 is 0 Å². The second kappa shape index (κ2) is 43.9. The molecule has 1 fully saturated rings. The minimum Gasteiger partial charge on any atom is -0.466 e. The Morgan fingerprint density at radius 2 is 1.11 bits per heavy atom. The zero-order chi connectivity index (χ0) is 47.4. The summed E-state index contributed by atoms with van der Waals surface area (Å²) in [6.45, 7) is 4.00. The van der Waals surface area contributed by atoms with Gasteiger partial charge in [0.2, 0.25) is 5.91 Å². The van der Waals surface area contributed by atoms with Crippen LogP contribution >= 0.6 is 0 Å². The van der Waals surface area contributed by atoms with Crippen molar-refractivity contribution in [1.29, 1.82) is 0 Å². The number of unbranched alkanes of at least 4 members (excludes halogenated alkanes) is 22. The van der Waals surface area contributed by atoms with Crippen molar-refractivity contribution in [2.75, 3.05) is 19.8 Å². The van der Waals surface area contributed by atoms with Crippen molar-refractivity contribution >= 4 is 11.9 Å². The SMILES string of the molecule is C/C=C/CC/C=C/CC/C=C/C(O)C(COC1OC(CO)C(O)C(O)C1O)NC(=O)CCCCCCCCC/C=C\C/C=C\CCCCCOC(=O)CCCCCCCCCCCCC. The molecule has 0 saturated carbocycles. The molecule has 1 saturated heterocycles. The standard InChI is InChI=1S/C54H95NO10/c1-3-5-7-9-11-13-21-26-30-34-38-42-50(59)63-43-39-35-31-27-23-20-18-16-14-15-17-19-22-25-29-33-37-41-49(58)55-46(47(57)40-36-32-28-24-12-10-8-6-4-2)45-64-54-53(62)52(61)51(60)48(44-56)65-54/h4,6,12,14,16,20,23-24,36,40,46-48,51-54,56-57,60-62H,3,5,7-11,13,15,17-19,21-22,25-35,37-39,41-45H2,1-2H3,(H,55,58)/b6-4+,16-14-,23-20-,24-12+,40-36+. The molecule has 0 radical (unpaired) electrons. The summed E-state index contributed by atoms with van der Waals surface area (Å²) in [7, 11) is 0. The maximum absolute atomic E-state index is 12.9. The van der Waals surface area contributed by atoms with E-state index in [9.17, 15) is 35.1 Å². The van der Waals surface area contributed by atoms with Gasteiger partial charge in [-0.2, -0.15) is 0 Å². The van der Waals surface area contributed by atoms with Gasteiger partial charge in [-0.1, -0.05) is 164 Å². The van der Waals surface area contributed by atoms with E-state index in [0.29, 0.717) is 25.9 Å². The fourth-order valence-corrected chi connectivity index (χ4v) is 7.74. The molecule has 65 heavy (non-hydrogen) atoms. The maximum atomic E-state index is 12.9. The van der Waals surface area contributed by atoms with E-state index in [-0.39, 0.29) is 18.5 Å². The molecule has 0 spiro atoms. The van der Waals surface area contributed by atoms with Crippen LogP contribution in [-0.2, 0) is 23.8 Å². The number of carbonyl (C=O) groups excluding carboxylic acids is 2. The second-order valence-electron chi connectivity index (χ2n) is 17.9. The van der Waals surface area contributed by atoms with Gasteiger partial charge in [0.15, 0.2) is 6.29 Å². The van der Waals surface area contributed by atoms with E-state index in [1.807, 2.05) is 19.1 Å². The first-order chi connectivity index (χ1) is 31.7. The monoisotopic (exact) mass is 918 g/mol. The summed E-state index contributed by atoms with van der Waals surface area (Å²) >= 11 is 0. The fourth-order valence-electron chi connectivity index (χ4n) is 7.74. The molecule has 1 heterocycles. The van der Waals surface area contributed by atoms with Gasteiger partial charge in [-0.3, -0.25) is 9.59 Å². The van der Waals surface area contributed by atoms with Crippen LogP contribution in [0.3, 0.4) is 0 Å². The maximum Gasteiger partial charge on any atom is 0.305 e. The lowest BCUT2D eigenvalue weighted by atomic mass is 9.99. The number of allylic oxidation sites excluding steroid dienone is 9. The molecule has 11 nitrogen and oxygen atoms in total. The lowest BCUT2D eigenvalue weighted by Crippen LogP contribution is -2.60. The Kier molecular flexibility index (Phi) is 40.8. The number of hydrogen-bond acceptors (Lipinski definition) is 10. The lowest BCUT2D eigenvalue weighted by Gasteiger charge is -2.40. The number of carbonyl (C=O) groups is 2. The molecule has 376 valence electrons. The highest BCUT2D eigenvalue weighted by Gasteiger charge is 2.44. The van der Waals surface area contributed by atoms with Crippen LogP contribution in [0.5, 0.6) is 0 Å². The number of nitrogens with one attached hydrogen (secondary N) is 1. The average Bonchev–Trinajstić information content (AvgIpc) is 3.30. The molecule has 7 atom stereocenters. The van der Waals surface area contributed by atoms with Crippen molar-refractivity contribution in [2.24, 2.45) is 0 Å². The molecule has 1 aliphatic rings. The minimum atomic E-state index is -1.59. The Morgan fingerprint density at radius 3 is 1.69 bits per heavy atom. The summed E-state index contributed by atoms with van der Waals surface area (Å²) in [6.07, 6.45) is 44.8. The van der Waals surface area contributed by atoms with Crippen molar-refractivity contribution in [3.63, 3.8) is 0 Å². The summed E-state index contributed by atoms with van der Waals surface area (Å²) in [5.74, 6) is -0.253. The van der Waals surface area contributed by atoms with E-state index in [4.69, 9.17) is 14.2 Å². The Balaban J connectivity index is 2.15. The van der Waals surface area contributed by atoms with Crippen molar-refractivity contribution in [3.8, 4) is 0 Å². The van der Waals surface area contributed by atoms with Crippen molar-refractivity contribution < 1.29 is 49.3 Å². The third-order valence-corrected chi connectivity index (χ3v) is 11.9. The molecule has 6 N–H and O–H groups in total. The number of rotatable bonds is 43. The van der Waals surface area contributed by atoms with Gasteiger partial charge < -0.3 is 45.1 Å². The highest BCUT2D eigenvalue weighted by molar-refractivity contribution is 5.76. The zero-order valence-electron chi connectivity index (χ0n) is 40.9. The molecule has 0 aliphatic carbocycles. The van der Waals surface area contributed by atoms with Gasteiger partial charge in [0.25, 0.3) is 0 Å². The van der Waals surface area contributed by atoms with Crippen LogP contribution in [0.15, 0.2) is 60.8 Å².